The van der Waals surface area contributed by atoms with Gasteiger partial charge in [0.2, 0.25) is 0 Å². The van der Waals surface area contributed by atoms with Crippen LogP contribution in [0.15, 0.2) is 48.5 Å². The van der Waals surface area contributed by atoms with E-state index in [1.807, 2.05) is 43.4 Å². The average Bonchev–Trinajstić information content (AvgIpc) is 3.37. The van der Waals surface area contributed by atoms with E-state index in [-0.39, 0.29) is 11.8 Å². The van der Waals surface area contributed by atoms with Gasteiger partial charge in [-0.1, -0.05) is 36.4 Å². The van der Waals surface area contributed by atoms with E-state index in [1.165, 1.54) is 0 Å². The number of aryl methyl sites for hydroxylation is 2. The summed E-state index contributed by atoms with van der Waals surface area (Å²) in [6.07, 6.45) is 1.87. The Bertz CT molecular complexity index is 1570. The lowest BCUT2D eigenvalue weighted by molar-refractivity contribution is 0.0880. The molecule has 0 saturated carbocycles. The van der Waals surface area contributed by atoms with E-state index < -0.39 is 0 Å². The molecule has 6 heteroatoms. The van der Waals surface area contributed by atoms with Gasteiger partial charge in [0, 0.05) is 46.2 Å². The van der Waals surface area contributed by atoms with Crippen molar-refractivity contribution < 1.29 is 9.59 Å². The monoisotopic (exact) mass is 410 g/mol. The smallest absolute Gasteiger partial charge is 0.259 e. The lowest BCUT2D eigenvalue weighted by Crippen LogP contribution is -2.20. The lowest BCUT2D eigenvalue weighted by Gasteiger charge is -2.11. The van der Waals surface area contributed by atoms with Gasteiger partial charge in [-0.15, -0.1) is 0 Å². The third-order valence-corrected chi connectivity index (χ3v) is 6.57. The van der Waals surface area contributed by atoms with E-state index in [2.05, 4.69) is 26.6 Å². The number of unbranched alkanes of at least 4 members (excludes halogenated alkanes) is 1. The number of fused-ring (bicyclic) bond motifs is 10. The number of hydrogen-bond acceptors (Lipinski definition) is 3. The number of para-hydroxylation sites is 2. The quantitative estimate of drug-likeness (QED) is 0.346. The number of rotatable bonds is 4. The number of amides is 2. The van der Waals surface area contributed by atoms with Crippen molar-refractivity contribution in [3.05, 3.63) is 59.7 Å². The van der Waals surface area contributed by atoms with Crippen LogP contribution in [0, 0.1) is 0 Å². The highest BCUT2D eigenvalue weighted by atomic mass is 16.2. The third-order valence-electron chi connectivity index (χ3n) is 6.57. The van der Waals surface area contributed by atoms with Gasteiger partial charge in [0.25, 0.3) is 11.8 Å². The van der Waals surface area contributed by atoms with Crippen LogP contribution >= 0.6 is 0 Å². The number of benzene rings is 3. The van der Waals surface area contributed by atoms with Gasteiger partial charge < -0.3 is 14.9 Å². The first-order valence-electron chi connectivity index (χ1n) is 10.6. The van der Waals surface area contributed by atoms with Crippen LogP contribution in [0.25, 0.3) is 43.6 Å². The van der Waals surface area contributed by atoms with Crippen molar-refractivity contribution in [1.82, 2.24) is 14.5 Å². The molecule has 6 rings (SSSR count). The second kappa shape index (κ2) is 6.43. The van der Waals surface area contributed by atoms with Crippen LogP contribution in [-0.2, 0) is 13.6 Å². The second-order valence-corrected chi connectivity index (χ2v) is 8.22. The van der Waals surface area contributed by atoms with Gasteiger partial charge in [0.05, 0.1) is 22.2 Å². The molecule has 31 heavy (non-hydrogen) atoms. The molecule has 0 radical (unpaired) electrons. The summed E-state index contributed by atoms with van der Waals surface area (Å²) >= 11 is 0. The van der Waals surface area contributed by atoms with E-state index in [4.69, 9.17) is 5.73 Å². The zero-order valence-corrected chi connectivity index (χ0v) is 17.2. The highest BCUT2D eigenvalue weighted by Gasteiger charge is 2.36. The molecule has 3 heterocycles. The van der Waals surface area contributed by atoms with Gasteiger partial charge in [-0.25, -0.2) is 0 Å². The van der Waals surface area contributed by atoms with E-state index in [1.54, 1.807) is 0 Å². The van der Waals surface area contributed by atoms with Crippen molar-refractivity contribution in [3.8, 4) is 0 Å². The Morgan fingerprint density at radius 1 is 0.806 bits per heavy atom. The van der Waals surface area contributed by atoms with Crippen LogP contribution in [0.4, 0.5) is 0 Å². The normalized spacial score (nSPS) is 13.7. The van der Waals surface area contributed by atoms with Crippen LogP contribution in [0.5, 0.6) is 0 Å². The van der Waals surface area contributed by atoms with Gasteiger partial charge in [-0.05, 0) is 31.5 Å². The summed E-state index contributed by atoms with van der Waals surface area (Å²) in [4.78, 5) is 26.0. The number of nitrogens with two attached hydrogens (primary N) is 1. The second-order valence-electron chi connectivity index (χ2n) is 8.22. The van der Waals surface area contributed by atoms with E-state index in [0.717, 1.165) is 63.0 Å². The van der Waals surface area contributed by atoms with Crippen molar-refractivity contribution in [2.24, 2.45) is 12.8 Å². The fourth-order valence-electron chi connectivity index (χ4n) is 5.31. The first-order valence-corrected chi connectivity index (χ1v) is 10.6. The number of imide groups is 1. The molecule has 1 aliphatic heterocycles. The minimum Gasteiger partial charge on any atom is -0.342 e. The fraction of sp³-hybridized carbons (Fsp3) is 0.200. The minimum atomic E-state index is -0.316. The van der Waals surface area contributed by atoms with E-state index in [9.17, 15) is 9.59 Å². The summed E-state index contributed by atoms with van der Waals surface area (Å²) < 4.78 is 4.46. The van der Waals surface area contributed by atoms with Crippen LogP contribution in [0.2, 0.25) is 0 Å². The van der Waals surface area contributed by atoms with Crippen molar-refractivity contribution in [3.63, 3.8) is 0 Å². The van der Waals surface area contributed by atoms with E-state index >= 15 is 0 Å². The van der Waals surface area contributed by atoms with Gasteiger partial charge >= 0.3 is 0 Å². The van der Waals surface area contributed by atoms with Gasteiger partial charge in [-0.2, -0.15) is 0 Å². The summed E-state index contributed by atoms with van der Waals surface area (Å²) in [5.41, 5.74) is 10.9. The standard InChI is InChI=1S/C25H22N4O2/c1-28-16-10-4-2-8-14(16)18-20-21(25(31)27-24(20)30)19-15-9-3-5-11-17(15)29(13-7-6-12-26)23(19)22(18)28/h2-5,8-11H,6-7,12-13,26H2,1H3,(H,27,30,31). The number of nitrogens with zero attached hydrogens (tertiary/aromatic N) is 2. The minimum absolute atomic E-state index is 0.315. The Labute approximate surface area is 178 Å². The molecule has 154 valence electrons. The Morgan fingerprint density at radius 3 is 2.06 bits per heavy atom. The van der Waals surface area contributed by atoms with Gasteiger partial charge in [0.1, 0.15) is 0 Å². The molecule has 0 saturated heterocycles. The predicted molar refractivity (Wildman–Crippen MR) is 124 cm³/mol. The molecule has 0 fully saturated rings. The third kappa shape index (κ3) is 2.25. The number of nitrogens with one attached hydrogen (secondary N) is 1. The zero-order valence-electron chi connectivity index (χ0n) is 17.2. The molecule has 0 atom stereocenters. The molecule has 2 aromatic heterocycles. The van der Waals surface area contributed by atoms with Crippen LogP contribution in [0.3, 0.4) is 0 Å². The van der Waals surface area contributed by atoms with Crippen LogP contribution in [-0.4, -0.2) is 27.5 Å². The Balaban J connectivity index is 1.93. The molecule has 3 aromatic carbocycles. The first-order chi connectivity index (χ1) is 15.1. The SMILES string of the molecule is Cn1c2ccccc2c2c3c(c4c5ccccc5n(CCCCN)c4c21)C(=O)NC3=O. The van der Waals surface area contributed by atoms with Crippen molar-refractivity contribution in [2.45, 2.75) is 19.4 Å². The highest BCUT2D eigenvalue weighted by molar-refractivity contribution is 6.39. The molecule has 6 nitrogen and oxygen atoms in total. The van der Waals surface area contributed by atoms with Gasteiger partial charge in [-0.3, -0.25) is 14.9 Å². The number of aromatic nitrogens is 2. The molecular weight excluding hydrogens is 388 g/mol. The first kappa shape index (κ1) is 18.2. The largest absolute Gasteiger partial charge is 0.342 e. The van der Waals surface area contributed by atoms with Crippen LogP contribution < -0.4 is 11.1 Å². The fourth-order valence-corrected chi connectivity index (χ4v) is 5.31. The Morgan fingerprint density at radius 2 is 1.39 bits per heavy atom. The van der Waals surface area contributed by atoms with Gasteiger partial charge in [0.15, 0.2) is 0 Å². The summed E-state index contributed by atoms with van der Waals surface area (Å²) in [6.45, 7) is 1.44. The number of carbonyl (C=O) groups is 2. The lowest BCUT2D eigenvalue weighted by atomic mass is 9.96. The molecule has 0 unspecified atom stereocenters. The molecule has 2 amide bonds. The molecule has 0 bridgehead atoms. The summed E-state index contributed by atoms with van der Waals surface area (Å²) in [7, 11) is 2.03. The predicted octanol–water partition coefficient (Wildman–Crippen LogP) is 4.06. The van der Waals surface area contributed by atoms with E-state index in [0.29, 0.717) is 17.7 Å². The number of hydrogen-bond donors (Lipinski definition) is 2. The number of carbonyl (C=O) groups excluding carboxylic acids is 2. The molecule has 3 N–H and O–H groups in total. The Hall–Kier alpha value is -3.64. The zero-order chi connectivity index (χ0) is 21.3. The molecular formula is C25H22N4O2. The maximum atomic E-state index is 13.0. The van der Waals surface area contributed by atoms with Crippen molar-refractivity contribution in [1.29, 1.82) is 0 Å². The summed E-state index contributed by atoms with van der Waals surface area (Å²) in [5.74, 6) is -0.632. The summed E-state index contributed by atoms with van der Waals surface area (Å²) in [6, 6.07) is 16.2. The molecule has 0 spiro atoms. The maximum absolute atomic E-state index is 13.0. The van der Waals surface area contributed by atoms with Crippen molar-refractivity contribution >= 4 is 55.4 Å². The van der Waals surface area contributed by atoms with Crippen molar-refractivity contribution in [2.75, 3.05) is 6.54 Å². The summed E-state index contributed by atoms with van der Waals surface area (Å²) in [5, 5.41) is 6.25. The topological polar surface area (TPSA) is 82.0 Å². The molecule has 0 aliphatic carbocycles. The molecule has 5 aromatic rings. The average molecular weight is 410 g/mol. The van der Waals surface area contributed by atoms with Crippen LogP contribution in [0.1, 0.15) is 33.6 Å². The Kier molecular flexibility index (Phi) is 3.76. The molecule has 1 aliphatic rings. The maximum Gasteiger partial charge on any atom is 0.259 e. The highest BCUT2D eigenvalue weighted by Crippen LogP contribution is 2.44.